The molecule has 0 unspecified atom stereocenters. The van der Waals surface area contributed by atoms with Crippen molar-refractivity contribution in [2.24, 2.45) is 0 Å². The molecule has 0 radical (unpaired) electrons. The number of fused-ring (bicyclic) bond motifs is 1. The van der Waals surface area contributed by atoms with Crippen LogP contribution in [0.2, 0.25) is 0 Å². The molecule has 0 bridgehead atoms. The summed E-state index contributed by atoms with van der Waals surface area (Å²) in [6.07, 6.45) is 4.73. The zero-order valence-electron chi connectivity index (χ0n) is 15.7. The van der Waals surface area contributed by atoms with E-state index in [9.17, 15) is 0 Å². The molecule has 26 heavy (non-hydrogen) atoms. The van der Waals surface area contributed by atoms with Gasteiger partial charge in [0, 0.05) is 11.3 Å². The van der Waals surface area contributed by atoms with Gasteiger partial charge < -0.3 is 5.73 Å². The molecule has 1 aliphatic rings. The summed E-state index contributed by atoms with van der Waals surface area (Å²) in [5.41, 5.74) is 12.8. The van der Waals surface area contributed by atoms with Crippen molar-refractivity contribution in [3.05, 3.63) is 57.9 Å². The first-order valence-corrected chi connectivity index (χ1v) is 9.71. The molecule has 0 fully saturated rings. The largest absolute Gasteiger partial charge is 0.399 e. The van der Waals surface area contributed by atoms with Crippen LogP contribution in [0.5, 0.6) is 0 Å². The monoisotopic (exact) mass is 366 g/mol. The van der Waals surface area contributed by atoms with Crippen LogP contribution in [0.4, 0.5) is 5.69 Å². The first kappa shape index (κ1) is 18.4. The average molecular weight is 367 g/mol. The number of aromatic amines is 1. The normalized spacial score (nSPS) is 12.9. The van der Waals surface area contributed by atoms with E-state index in [-0.39, 0.29) is 0 Å². The SMILES string of the molecule is CC.Cc1cc(N)ccc1-c1n[nH]c(=S)n1-c1cccc2c1CCCC2. The van der Waals surface area contributed by atoms with Crippen molar-refractivity contribution in [1.82, 2.24) is 14.8 Å². The van der Waals surface area contributed by atoms with E-state index >= 15 is 0 Å². The highest BCUT2D eigenvalue weighted by Crippen LogP contribution is 2.31. The predicted octanol–water partition coefficient (Wildman–Crippen LogP) is 5.39. The third kappa shape index (κ3) is 3.31. The van der Waals surface area contributed by atoms with Gasteiger partial charge in [-0.1, -0.05) is 26.0 Å². The van der Waals surface area contributed by atoms with E-state index in [0.29, 0.717) is 4.77 Å². The Morgan fingerprint density at radius 1 is 1.12 bits per heavy atom. The molecule has 0 spiro atoms. The number of H-pyrrole nitrogens is 1. The maximum Gasteiger partial charge on any atom is 0.200 e. The van der Waals surface area contributed by atoms with Crippen molar-refractivity contribution in [2.75, 3.05) is 5.73 Å². The lowest BCUT2D eigenvalue weighted by Gasteiger charge is -2.20. The van der Waals surface area contributed by atoms with Crippen molar-refractivity contribution in [1.29, 1.82) is 0 Å². The lowest BCUT2D eigenvalue weighted by molar-refractivity contribution is 0.681. The third-order valence-electron chi connectivity index (χ3n) is 4.78. The topological polar surface area (TPSA) is 59.6 Å². The molecule has 1 aliphatic carbocycles. The molecular weight excluding hydrogens is 340 g/mol. The molecular formula is C21H26N4S. The number of hydrogen-bond acceptors (Lipinski definition) is 3. The number of nitrogens with two attached hydrogens (primary N) is 1. The summed E-state index contributed by atoms with van der Waals surface area (Å²) in [5.74, 6) is 0.844. The minimum atomic E-state index is 0.625. The minimum absolute atomic E-state index is 0.625. The van der Waals surface area contributed by atoms with Crippen LogP contribution in [-0.4, -0.2) is 14.8 Å². The summed E-state index contributed by atoms with van der Waals surface area (Å²) >= 11 is 5.55. The Bertz CT molecular complexity index is 968. The number of hydrogen-bond donors (Lipinski definition) is 2. The molecule has 0 aliphatic heterocycles. The smallest absolute Gasteiger partial charge is 0.200 e. The first-order valence-electron chi connectivity index (χ1n) is 9.30. The molecule has 5 heteroatoms. The molecule has 0 atom stereocenters. The molecule has 0 saturated carbocycles. The summed E-state index contributed by atoms with van der Waals surface area (Å²) in [6, 6.07) is 12.4. The molecule has 4 rings (SSSR count). The van der Waals surface area contributed by atoms with Gasteiger partial charge in [0.2, 0.25) is 0 Å². The lowest BCUT2D eigenvalue weighted by atomic mass is 9.90. The zero-order chi connectivity index (χ0) is 18.7. The van der Waals surface area contributed by atoms with Gasteiger partial charge in [-0.25, -0.2) is 0 Å². The van der Waals surface area contributed by atoms with Crippen molar-refractivity contribution in [3.63, 3.8) is 0 Å². The highest BCUT2D eigenvalue weighted by Gasteiger charge is 2.19. The van der Waals surface area contributed by atoms with Crippen molar-refractivity contribution < 1.29 is 0 Å². The van der Waals surface area contributed by atoms with E-state index in [1.54, 1.807) is 0 Å². The van der Waals surface area contributed by atoms with Crippen molar-refractivity contribution >= 4 is 17.9 Å². The van der Waals surface area contributed by atoms with E-state index < -0.39 is 0 Å². The fourth-order valence-electron chi connectivity index (χ4n) is 3.61. The molecule has 136 valence electrons. The van der Waals surface area contributed by atoms with Crippen LogP contribution >= 0.6 is 12.2 Å². The van der Waals surface area contributed by atoms with E-state index in [1.165, 1.54) is 24.0 Å². The zero-order valence-corrected chi connectivity index (χ0v) is 16.5. The summed E-state index contributed by atoms with van der Waals surface area (Å²) in [4.78, 5) is 0. The van der Waals surface area contributed by atoms with Gasteiger partial charge in [-0.15, -0.1) is 0 Å². The molecule has 3 N–H and O–H groups in total. The second-order valence-electron chi connectivity index (χ2n) is 6.38. The van der Waals surface area contributed by atoms with Crippen LogP contribution in [0.25, 0.3) is 17.1 Å². The molecule has 1 aromatic heterocycles. The van der Waals surface area contributed by atoms with Gasteiger partial charge in [0.25, 0.3) is 0 Å². The fraction of sp³-hybridized carbons (Fsp3) is 0.333. The van der Waals surface area contributed by atoms with Gasteiger partial charge in [-0.2, -0.15) is 5.10 Å². The van der Waals surface area contributed by atoms with Gasteiger partial charge in [0.05, 0.1) is 5.69 Å². The van der Waals surface area contributed by atoms with Gasteiger partial charge in [-0.3, -0.25) is 9.67 Å². The fourth-order valence-corrected chi connectivity index (χ4v) is 3.84. The second-order valence-corrected chi connectivity index (χ2v) is 6.77. The number of nitrogens with one attached hydrogen (secondary N) is 1. The van der Waals surface area contributed by atoms with Crippen LogP contribution in [-0.2, 0) is 12.8 Å². The van der Waals surface area contributed by atoms with Crippen molar-refractivity contribution in [3.8, 4) is 17.1 Å². The van der Waals surface area contributed by atoms with E-state index in [1.807, 2.05) is 39.0 Å². The number of anilines is 1. The van der Waals surface area contributed by atoms with Crippen molar-refractivity contribution in [2.45, 2.75) is 46.5 Å². The molecule has 2 aromatic carbocycles. The summed E-state index contributed by atoms with van der Waals surface area (Å²) in [6.45, 7) is 6.05. The number of nitrogens with zero attached hydrogens (tertiary/aromatic N) is 2. The maximum absolute atomic E-state index is 5.90. The highest BCUT2D eigenvalue weighted by molar-refractivity contribution is 7.71. The van der Waals surface area contributed by atoms with E-state index in [2.05, 4.69) is 33.0 Å². The Labute approximate surface area is 160 Å². The lowest BCUT2D eigenvalue weighted by Crippen LogP contribution is -2.09. The standard InChI is InChI=1S/C19H20N4S.C2H6/c1-12-11-14(20)9-10-15(12)18-21-22-19(24)23(18)17-8-4-6-13-5-2-3-7-16(13)17;1-2/h4,6,8-11H,2-3,5,7,20H2,1H3,(H,22,24);1-2H3. The van der Waals surface area contributed by atoms with E-state index in [0.717, 1.165) is 41.2 Å². The van der Waals surface area contributed by atoms with Crippen LogP contribution in [0.3, 0.4) is 0 Å². The molecule has 0 saturated heterocycles. The average Bonchev–Trinajstić information content (AvgIpc) is 3.04. The number of aryl methyl sites for hydroxylation is 2. The Morgan fingerprint density at radius 3 is 2.65 bits per heavy atom. The Hall–Kier alpha value is -2.40. The number of rotatable bonds is 2. The van der Waals surface area contributed by atoms with Gasteiger partial charge in [-0.05, 0) is 85.8 Å². The molecule has 0 amide bonds. The molecule has 3 aromatic rings. The quantitative estimate of drug-likeness (QED) is 0.472. The maximum atomic E-state index is 5.90. The van der Waals surface area contributed by atoms with Crippen LogP contribution in [0.15, 0.2) is 36.4 Å². The Balaban J connectivity index is 0.000000948. The Kier molecular flexibility index (Phi) is 5.57. The first-order chi connectivity index (χ1) is 12.6. The predicted molar refractivity (Wildman–Crippen MR) is 111 cm³/mol. The summed E-state index contributed by atoms with van der Waals surface area (Å²) in [7, 11) is 0. The molecule has 4 nitrogen and oxygen atoms in total. The van der Waals surface area contributed by atoms with Gasteiger partial charge >= 0.3 is 0 Å². The second kappa shape index (κ2) is 7.87. The van der Waals surface area contributed by atoms with Gasteiger partial charge in [0.15, 0.2) is 10.6 Å². The minimum Gasteiger partial charge on any atom is -0.399 e. The van der Waals surface area contributed by atoms with Crippen LogP contribution in [0, 0.1) is 11.7 Å². The Morgan fingerprint density at radius 2 is 1.88 bits per heavy atom. The van der Waals surface area contributed by atoms with Crippen LogP contribution < -0.4 is 5.73 Å². The van der Waals surface area contributed by atoms with Crippen LogP contribution in [0.1, 0.15) is 43.4 Å². The summed E-state index contributed by atoms with van der Waals surface area (Å²) < 4.78 is 2.69. The molecule has 1 heterocycles. The number of benzene rings is 2. The van der Waals surface area contributed by atoms with E-state index in [4.69, 9.17) is 18.0 Å². The summed E-state index contributed by atoms with van der Waals surface area (Å²) in [5, 5.41) is 7.47. The number of nitrogen functional groups attached to an aromatic ring is 1. The third-order valence-corrected chi connectivity index (χ3v) is 5.05. The van der Waals surface area contributed by atoms with Gasteiger partial charge in [0.1, 0.15) is 0 Å². The highest BCUT2D eigenvalue weighted by atomic mass is 32.1. The number of aromatic nitrogens is 3.